The molecular weight excluding hydrogens is 293 g/mol. The first kappa shape index (κ1) is 14.8. The zero-order chi connectivity index (χ0) is 14.8. The van der Waals surface area contributed by atoms with Crippen molar-refractivity contribution in [2.45, 2.75) is 32.0 Å². The molecule has 1 heterocycles. The maximum atomic E-state index is 12.9. The highest BCUT2D eigenvalue weighted by Gasteiger charge is 2.42. The molecule has 20 heavy (non-hydrogen) atoms. The van der Waals surface area contributed by atoms with E-state index in [0.29, 0.717) is 17.1 Å². The number of Topliss-reactive ketones (excluding diaryl/α,β-unsaturated/α-hetero) is 1. The summed E-state index contributed by atoms with van der Waals surface area (Å²) in [6.45, 7) is 0.173. The summed E-state index contributed by atoms with van der Waals surface area (Å²) in [6, 6.07) is 3.23. The number of alkyl halides is 3. The number of nitrogens with zero attached hydrogens (tertiary/aromatic N) is 1. The van der Waals surface area contributed by atoms with Gasteiger partial charge in [0.2, 0.25) is 0 Å². The third-order valence-electron chi connectivity index (χ3n) is 2.99. The van der Waals surface area contributed by atoms with E-state index in [1.807, 2.05) is 0 Å². The van der Waals surface area contributed by atoms with Gasteiger partial charge < -0.3 is 5.32 Å². The van der Waals surface area contributed by atoms with E-state index in [0.717, 1.165) is 0 Å². The van der Waals surface area contributed by atoms with Crippen LogP contribution in [-0.4, -0.2) is 16.9 Å². The highest BCUT2D eigenvalue weighted by molar-refractivity contribution is 6.29. The summed E-state index contributed by atoms with van der Waals surface area (Å²) >= 11 is 5.63. The van der Waals surface area contributed by atoms with Crippen molar-refractivity contribution in [2.24, 2.45) is 0 Å². The lowest BCUT2D eigenvalue weighted by Gasteiger charge is -2.22. The van der Waals surface area contributed by atoms with E-state index in [4.69, 9.17) is 11.6 Å². The number of carbonyl (C=O) groups excluding carboxylic acids is 1. The fourth-order valence-corrected chi connectivity index (χ4v) is 2.18. The SMILES string of the molecule is O=C1CCCC(NCc2ccc(Cl)nc2)=C1C(F)(F)F. The zero-order valence-electron chi connectivity index (χ0n) is 10.4. The van der Waals surface area contributed by atoms with E-state index in [-0.39, 0.29) is 25.1 Å². The second-order valence-electron chi connectivity index (χ2n) is 4.47. The van der Waals surface area contributed by atoms with Crippen LogP contribution in [0.2, 0.25) is 5.15 Å². The first-order valence-corrected chi connectivity index (χ1v) is 6.43. The third kappa shape index (κ3) is 3.50. The van der Waals surface area contributed by atoms with Crippen LogP contribution in [0.25, 0.3) is 0 Å². The lowest BCUT2D eigenvalue weighted by atomic mass is 9.94. The van der Waals surface area contributed by atoms with Crippen molar-refractivity contribution in [3.63, 3.8) is 0 Å². The molecule has 0 fully saturated rings. The molecule has 1 N–H and O–H groups in total. The number of allylic oxidation sites excluding steroid dienone is 2. The molecule has 0 bridgehead atoms. The summed E-state index contributed by atoms with van der Waals surface area (Å²) in [4.78, 5) is 15.3. The Morgan fingerprint density at radius 3 is 2.65 bits per heavy atom. The zero-order valence-corrected chi connectivity index (χ0v) is 11.2. The smallest absolute Gasteiger partial charge is 0.384 e. The Morgan fingerprint density at radius 2 is 2.05 bits per heavy atom. The minimum atomic E-state index is -4.61. The van der Waals surface area contributed by atoms with Gasteiger partial charge in [0, 0.05) is 24.9 Å². The molecular formula is C13H12ClF3N2O. The van der Waals surface area contributed by atoms with Gasteiger partial charge in [0.15, 0.2) is 5.78 Å². The maximum Gasteiger partial charge on any atom is 0.421 e. The minimum Gasteiger partial charge on any atom is -0.384 e. The van der Waals surface area contributed by atoms with Crippen molar-refractivity contribution in [3.8, 4) is 0 Å². The fraction of sp³-hybridized carbons (Fsp3) is 0.385. The maximum absolute atomic E-state index is 12.9. The first-order valence-electron chi connectivity index (χ1n) is 6.06. The number of hydrogen-bond donors (Lipinski definition) is 1. The van der Waals surface area contributed by atoms with Crippen LogP contribution in [0.1, 0.15) is 24.8 Å². The standard InChI is InChI=1S/C13H12ClF3N2O/c14-11-5-4-8(7-19-11)6-18-9-2-1-3-10(20)12(9)13(15,16)17/h4-5,7,18H,1-3,6H2. The predicted molar refractivity (Wildman–Crippen MR) is 68.0 cm³/mol. The number of ketones is 1. The average Bonchev–Trinajstić information content (AvgIpc) is 2.36. The van der Waals surface area contributed by atoms with Crippen LogP contribution >= 0.6 is 11.6 Å². The van der Waals surface area contributed by atoms with Crippen LogP contribution in [0.4, 0.5) is 13.2 Å². The average molecular weight is 305 g/mol. The second kappa shape index (κ2) is 5.83. The highest BCUT2D eigenvalue weighted by atomic mass is 35.5. The fourth-order valence-electron chi connectivity index (χ4n) is 2.07. The molecule has 2 rings (SSSR count). The molecule has 0 aromatic carbocycles. The Hall–Kier alpha value is -1.56. The number of aromatic nitrogens is 1. The Kier molecular flexibility index (Phi) is 4.32. The van der Waals surface area contributed by atoms with Crippen LogP contribution in [0.15, 0.2) is 29.6 Å². The van der Waals surface area contributed by atoms with E-state index >= 15 is 0 Å². The van der Waals surface area contributed by atoms with Crippen LogP contribution in [0.3, 0.4) is 0 Å². The van der Waals surface area contributed by atoms with Crippen LogP contribution < -0.4 is 5.32 Å². The Bertz CT molecular complexity index is 538. The van der Waals surface area contributed by atoms with Crippen LogP contribution in [0.5, 0.6) is 0 Å². The van der Waals surface area contributed by atoms with Crippen molar-refractivity contribution in [2.75, 3.05) is 0 Å². The molecule has 7 heteroatoms. The van der Waals surface area contributed by atoms with Gasteiger partial charge in [-0.15, -0.1) is 0 Å². The molecule has 1 aliphatic rings. The predicted octanol–water partition coefficient (Wildman–Crippen LogP) is 3.39. The summed E-state index contributed by atoms with van der Waals surface area (Å²) < 4.78 is 38.6. The van der Waals surface area contributed by atoms with Crippen molar-refractivity contribution >= 4 is 17.4 Å². The molecule has 3 nitrogen and oxygen atoms in total. The van der Waals surface area contributed by atoms with Gasteiger partial charge in [-0.3, -0.25) is 4.79 Å². The van der Waals surface area contributed by atoms with Gasteiger partial charge in [-0.05, 0) is 24.5 Å². The van der Waals surface area contributed by atoms with E-state index in [9.17, 15) is 18.0 Å². The molecule has 108 valence electrons. The Morgan fingerprint density at radius 1 is 1.30 bits per heavy atom. The monoisotopic (exact) mass is 304 g/mol. The molecule has 0 saturated carbocycles. The summed E-state index contributed by atoms with van der Waals surface area (Å²) in [7, 11) is 0. The van der Waals surface area contributed by atoms with Crippen molar-refractivity contribution in [1.29, 1.82) is 0 Å². The molecule has 0 radical (unpaired) electrons. The largest absolute Gasteiger partial charge is 0.421 e. The summed E-state index contributed by atoms with van der Waals surface area (Å²) in [5.41, 5.74) is -0.393. The second-order valence-corrected chi connectivity index (χ2v) is 4.86. The molecule has 0 saturated heterocycles. The molecule has 1 aromatic heterocycles. The molecule has 1 aliphatic carbocycles. The van der Waals surface area contributed by atoms with Gasteiger partial charge in [-0.1, -0.05) is 17.7 Å². The molecule has 1 aromatic rings. The lowest BCUT2D eigenvalue weighted by molar-refractivity contribution is -0.130. The van der Waals surface area contributed by atoms with Gasteiger partial charge in [0.1, 0.15) is 10.7 Å². The minimum absolute atomic E-state index is 0.0382. The summed E-state index contributed by atoms with van der Waals surface area (Å²) in [6.07, 6.45) is -2.53. The van der Waals surface area contributed by atoms with Crippen molar-refractivity contribution < 1.29 is 18.0 Å². The molecule has 0 unspecified atom stereocenters. The van der Waals surface area contributed by atoms with Gasteiger partial charge in [-0.2, -0.15) is 13.2 Å². The lowest BCUT2D eigenvalue weighted by Crippen LogP contribution is -2.30. The first-order chi connectivity index (χ1) is 9.38. The van der Waals surface area contributed by atoms with Crippen LogP contribution in [0, 0.1) is 0 Å². The number of pyridine rings is 1. The number of halogens is 4. The number of carbonyl (C=O) groups is 1. The molecule has 0 atom stereocenters. The third-order valence-corrected chi connectivity index (χ3v) is 3.21. The normalized spacial score (nSPS) is 16.5. The topological polar surface area (TPSA) is 42.0 Å². The summed E-state index contributed by atoms with van der Waals surface area (Å²) in [5, 5.41) is 3.02. The Labute approximate surface area is 118 Å². The van der Waals surface area contributed by atoms with Crippen LogP contribution in [-0.2, 0) is 11.3 Å². The summed E-state index contributed by atoms with van der Waals surface area (Å²) in [5.74, 6) is -0.847. The number of hydrogen-bond acceptors (Lipinski definition) is 3. The quantitative estimate of drug-likeness (QED) is 0.870. The van der Waals surface area contributed by atoms with Gasteiger partial charge in [0.25, 0.3) is 0 Å². The van der Waals surface area contributed by atoms with Gasteiger partial charge >= 0.3 is 6.18 Å². The van der Waals surface area contributed by atoms with E-state index < -0.39 is 17.5 Å². The number of rotatable bonds is 3. The van der Waals surface area contributed by atoms with Gasteiger partial charge in [0.05, 0.1) is 0 Å². The molecule has 0 spiro atoms. The Balaban J connectivity index is 2.16. The molecule has 0 amide bonds. The van der Waals surface area contributed by atoms with Crippen molar-refractivity contribution in [3.05, 3.63) is 40.3 Å². The van der Waals surface area contributed by atoms with E-state index in [2.05, 4.69) is 10.3 Å². The van der Waals surface area contributed by atoms with Crippen molar-refractivity contribution in [1.82, 2.24) is 10.3 Å². The molecule has 0 aliphatic heterocycles. The van der Waals surface area contributed by atoms with E-state index in [1.165, 1.54) is 6.20 Å². The number of nitrogens with one attached hydrogen (secondary N) is 1. The highest BCUT2D eigenvalue weighted by Crippen LogP contribution is 2.34. The van der Waals surface area contributed by atoms with Gasteiger partial charge in [-0.25, -0.2) is 4.98 Å². The van der Waals surface area contributed by atoms with E-state index in [1.54, 1.807) is 12.1 Å².